The first kappa shape index (κ1) is 17.0. The van der Waals surface area contributed by atoms with Crippen LogP contribution in [0.5, 0.6) is 0 Å². The Bertz CT molecular complexity index is 114. The Hall–Kier alpha value is -1.32. The molecule has 2 N–H and O–H groups in total. The topological polar surface area (TPSA) is 74.6 Å². The zero-order valence-corrected chi connectivity index (χ0v) is 7.87. The molecule has 0 rings (SSSR count). The molecule has 0 aliphatic heterocycles. The fraction of sp³-hybridized carbons (Fsp3) is 0.500. The van der Waals surface area contributed by atoms with Gasteiger partial charge in [0.1, 0.15) is 0 Å². The van der Waals surface area contributed by atoms with Gasteiger partial charge in [-0.05, 0) is 13.8 Å². The highest BCUT2D eigenvalue weighted by atomic mass is 16.4. The Morgan fingerprint density at radius 3 is 1.00 bits per heavy atom. The molecule has 0 fully saturated rings. The number of carbonyl (C=O) groups is 2. The molecule has 0 bridgehead atoms. The molecular formula is C8H16O4. The fourth-order valence-corrected chi connectivity index (χ4v) is 0. The van der Waals surface area contributed by atoms with E-state index in [9.17, 15) is 0 Å². The van der Waals surface area contributed by atoms with Gasteiger partial charge in [-0.15, -0.1) is 0 Å². The van der Waals surface area contributed by atoms with E-state index in [2.05, 4.69) is 0 Å². The molecule has 0 saturated carbocycles. The Kier molecular flexibility index (Phi) is 23.1. The molecule has 0 heterocycles. The van der Waals surface area contributed by atoms with E-state index in [0.717, 1.165) is 13.8 Å². The number of carboxylic acid groups (broad SMARTS) is 2. The van der Waals surface area contributed by atoms with Crippen molar-refractivity contribution >= 4 is 11.9 Å². The molecule has 0 aromatic heterocycles. The van der Waals surface area contributed by atoms with E-state index in [0.29, 0.717) is 0 Å². The highest BCUT2D eigenvalue weighted by Gasteiger charge is 1.65. The first-order chi connectivity index (χ1) is 5.38. The molecular weight excluding hydrogens is 160 g/mol. The SMILES string of the molecule is CC(=O)O.CC(=O)O.CC=CC. The van der Waals surface area contributed by atoms with Gasteiger partial charge in [0, 0.05) is 13.8 Å². The lowest BCUT2D eigenvalue weighted by Gasteiger charge is -1.59. The second-order valence-electron chi connectivity index (χ2n) is 1.70. The number of rotatable bonds is 0. The summed E-state index contributed by atoms with van der Waals surface area (Å²) in [6, 6.07) is 0. The summed E-state index contributed by atoms with van der Waals surface area (Å²) in [6.45, 7) is 6.17. The molecule has 72 valence electrons. The van der Waals surface area contributed by atoms with Crippen LogP contribution in [0.4, 0.5) is 0 Å². The van der Waals surface area contributed by atoms with Gasteiger partial charge in [0.2, 0.25) is 0 Å². The highest BCUT2D eigenvalue weighted by Crippen LogP contribution is 1.57. The van der Waals surface area contributed by atoms with Crippen LogP contribution < -0.4 is 0 Å². The Balaban J connectivity index is -0.000000101. The van der Waals surface area contributed by atoms with Crippen LogP contribution in [0.15, 0.2) is 12.2 Å². The van der Waals surface area contributed by atoms with E-state index < -0.39 is 11.9 Å². The van der Waals surface area contributed by atoms with Gasteiger partial charge in [-0.2, -0.15) is 0 Å². The number of hydrogen-bond acceptors (Lipinski definition) is 2. The third-order valence-electron chi connectivity index (χ3n) is 0.333. The molecule has 12 heavy (non-hydrogen) atoms. The normalized spacial score (nSPS) is 7.33. The number of hydrogen-bond donors (Lipinski definition) is 2. The van der Waals surface area contributed by atoms with Gasteiger partial charge in [0.25, 0.3) is 11.9 Å². The van der Waals surface area contributed by atoms with E-state index in [-0.39, 0.29) is 0 Å². The third-order valence-corrected chi connectivity index (χ3v) is 0.333. The van der Waals surface area contributed by atoms with Crippen LogP contribution in [0.2, 0.25) is 0 Å². The maximum atomic E-state index is 9.00. The molecule has 4 nitrogen and oxygen atoms in total. The van der Waals surface area contributed by atoms with Gasteiger partial charge in [-0.25, -0.2) is 0 Å². The molecule has 0 amide bonds. The van der Waals surface area contributed by atoms with Gasteiger partial charge in [-0.3, -0.25) is 9.59 Å². The number of carboxylic acids is 2. The predicted molar refractivity (Wildman–Crippen MR) is 47.1 cm³/mol. The van der Waals surface area contributed by atoms with Crippen molar-refractivity contribution in [3.8, 4) is 0 Å². The van der Waals surface area contributed by atoms with Crippen molar-refractivity contribution in [1.29, 1.82) is 0 Å². The van der Waals surface area contributed by atoms with Crippen molar-refractivity contribution in [3.05, 3.63) is 12.2 Å². The molecule has 0 unspecified atom stereocenters. The maximum Gasteiger partial charge on any atom is 0.300 e. The molecule has 4 heteroatoms. The summed E-state index contributed by atoms with van der Waals surface area (Å²) in [5.74, 6) is -1.67. The van der Waals surface area contributed by atoms with E-state index >= 15 is 0 Å². The monoisotopic (exact) mass is 176 g/mol. The average molecular weight is 176 g/mol. The van der Waals surface area contributed by atoms with Crippen molar-refractivity contribution in [3.63, 3.8) is 0 Å². The Morgan fingerprint density at radius 2 is 1.00 bits per heavy atom. The highest BCUT2D eigenvalue weighted by molar-refractivity contribution is 5.63. The van der Waals surface area contributed by atoms with E-state index in [1.807, 2.05) is 26.0 Å². The summed E-state index contributed by atoms with van der Waals surface area (Å²) in [7, 11) is 0. The molecule has 0 aliphatic carbocycles. The smallest absolute Gasteiger partial charge is 0.300 e. The summed E-state index contributed by atoms with van der Waals surface area (Å²) >= 11 is 0. The Labute approximate surface area is 72.5 Å². The van der Waals surface area contributed by atoms with Crippen LogP contribution in [0.1, 0.15) is 27.7 Å². The lowest BCUT2D eigenvalue weighted by Crippen LogP contribution is -1.78. The molecule has 0 aromatic carbocycles. The summed E-state index contributed by atoms with van der Waals surface area (Å²) in [5.41, 5.74) is 0. The average Bonchev–Trinajstić information content (AvgIpc) is 1.85. The van der Waals surface area contributed by atoms with Crippen LogP contribution in [-0.4, -0.2) is 22.2 Å². The fourth-order valence-electron chi connectivity index (χ4n) is 0. The molecule has 0 aliphatic rings. The van der Waals surface area contributed by atoms with E-state index in [1.54, 1.807) is 0 Å². The molecule has 0 radical (unpaired) electrons. The second-order valence-corrected chi connectivity index (χ2v) is 1.70. The lowest BCUT2D eigenvalue weighted by molar-refractivity contribution is -0.135. The van der Waals surface area contributed by atoms with Crippen molar-refractivity contribution in [2.75, 3.05) is 0 Å². The van der Waals surface area contributed by atoms with Gasteiger partial charge in [0.05, 0.1) is 0 Å². The van der Waals surface area contributed by atoms with Crippen LogP contribution in [-0.2, 0) is 9.59 Å². The van der Waals surface area contributed by atoms with Gasteiger partial charge in [-0.1, -0.05) is 12.2 Å². The molecule has 0 aromatic rings. The number of aliphatic carboxylic acids is 2. The molecule has 0 saturated heterocycles. The first-order valence-electron chi connectivity index (χ1n) is 3.34. The first-order valence-corrected chi connectivity index (χ1v) is 3.34. The van der Waals surface area contributed by atoms with Crippen LogP contribution in [0.25, 0.3) is 0 Å². The van der Waals surface area contributed by atoms with Crippen molar-refractivity contribution in [1.82, 2.24) is 0 Å². The number of allylic oxidation sites excluding steroid dienone is 2. The van der Waals surface area contributed by atoms with Gasteiger partial charge < -0.3 is 10.2 Å². The minimum Gasteiger partial charge on any atom is -0.481 e. The van der Waals surface area contributed by atoms with Crippen LogP contribution >= 0.6 is 0 Å². The quantitative estimate of drug-likeness (QED) is 0.551. The molecule has 0 spiro atoms. The molecule has 0 atom stereocenters. The summed E-state index contributed by atoms with van der Waals surface area (Å²) < 4.78 is 0. The van der Waals surface area contributed by atoms with Gasteiger partial charge >= 0.3 is 0 Å². The van der Waals surface area contributed by atoms with Crippen molar-refractivity contribution < 1.29 is 19.8 Å². The zero-order chi connectivity index (χ0) is 10.6. The summed E-state index contributed by atoms with van der Waals surface area (Å²) in [6.07, 6.45) is 4.00. The second kappa shape index (κ2) is 16.3. The van der Waals surface area contributed by atoms with Crippen molar-refractivity contribution in [2.45, 2.75) is 27.7 Å². The van der Waals surface area contributed by atoms with E-state index in [1.165, 1.54) is 0 Å². The maximum absolute atomic E-state index is 9.00. The van der Waals surface area contributed by atoms with Crippen LogP contribution in [0.3, 0.4) is 0 Å². The van der Waals surface area contributed by atoms with Gasteiger partial charge in [0.15, 0.2) is 0 Å². The Morgan fingerprint density at radius 1 is 0.917 bits per heavy atom. The lowest BCUT2D eigenvalue weighted by atomic mass is 10.6. The van der Waals surface area contributed by atoms with Crippen molar-refractivity contribution in [2.24, 2.45) is 0 Å². The zero-order valence-electron chi connectivity index (χ0n) is 7.87. The van der Waals surface area contributed by atoms with E-state index in [4.69, 9.17) is 19.8 Å². The predicted octanol–water partition coefficient (Wildman–Crippen LogP) is 1.76. The summed E-state index contributed by atoms with van der Waals surface area (Å²) in [5, 5.41) is 14.8. The third kappa shape index (κ3) is 5000. The minimum absolute atomic E-state index is 0.833. The minimum atomic E-state index is -0.833. The summed E-state index contributed by atoms with van der Waals surface area (Å²) in [4.78, 5) is 18.0. The largest absolute Gasteiger partial charge is 0.481 e. The van der Waals surface area contributed by atoms with Crippen LogP contribution in [0, 0.1) is 0 Å². The standard InChI is InChI=1S/C4H8.2C2H4O2/c1-3-4-2;2*1-2(3)4/h3-4H,1-2H3;2*1H3,(H,3,4).